The van der Waals surface area contributed by atoms with E-state index in [2.05, 4.69) is 6.07 Å². The topological polar surface area (TPSA) is 48.0 Å². The lowest BCUT2D eigenvalue weighted by atomic mass is 9.77. The molecule has 25 heavy (non-hydrogen) atoms. The number of ether oxygens (including phenoxy) is 1. The van der Waals surface area contributed by atoms with Crippen LogP contribution < -0.4 is 10.4 Å². The lowest BCUT2D eigenvalue weighted by molar-refractivity contribution is 0.00578. The van der Waals surface area contributed by atoms with Gasteiger partial charge in [0.25, 0.3) is 0 Å². The molecule has 2 heterocycles. The van der Waals surface area contributed by atoms with E-state index in [9.17, 15) is 4.79 Å². The summed E-state index contributed by atoms with van der Waals surface area (Å²) in [6, 6.07) is 6.02. The standard InChI is InChI=1S/C19H28BNO4/c1-17(2,3)23-16(22)21-12-11-13-9-8-10-14(15(13)21)20-24-18(4,5)19(6,7)25-20/h8-10H,11-12H2,1-7H3. The van der Waals surface area contributed by atoms with Gasteiger partial charge < -0.3 is 14.0 Å². The lowest BCUT2D eigenvalue weighted by Gasteiger charge is -2.32. The van der Waals surface area contributed by atoms with E-state index in [1.165, 1.54) is 0 Å². The number of fused-ring (bicyclic) bond motifs is 1. The predicted molar refractivity (Wildman–Crippen MR) is 99.4 cm³/mol. The normalized spacial score (nSPS) is 21.4. The Morgan fingerprint density at radius 3 is 2.32 bits per heavy atom. The fraction of sp³-hybridized carbons (Fsp3) is 0.632. The summed E-state index contributed by atoms with van der Waals surface area (Å²) < 4.78 is 18.0. The first kappa shape index (κ1) is 18.3. The number of benzene rings is 1. The van der Waals surface area contributed by atoms with E-state index >= 15 is 0 Å². The highest BCUT2D eigenvalue weighted by molar-refractivity contribution is 6.64. The van der Waals surface area contributed by atoms with Crippen LogP contribution in [0.5, 0.6) is 0 Å². The van der Waals surface area contributed by atoms with Gasteiger partial charge >= 0.3 is 13.2 Å². The van der Waals surface area contributed by atoms with Crippen molar-refractivity contribution in [2.24, 2.45) is 0 Å². The molecule has 0 spiro atoms. The Morgan fingerprint density at radius 2 is 1.76 bits per heavy atom. The zero-order chi connectivity index (χ0) is 18.6. The molecular weight excluding hydrogens is 317 g/mol. The van der Waals surface area contributed by atoms with Gasteiger partial charge in [0.15, 0.2) is 0 Å². The Labute approximate surface area is 150 Å². The molecule has 0 bridgehead atoms. The number of rotatable bonds is 1. The summed E-state index contributed by atoms with van der Waals surface area (Å²) in [5, 5.41) is 0. The molecule has 2 aliphatic heterocycles. The Hall–Kier alpha value is -1.53. The third-order valence-electron chi connectivity index (χ3n) is 5.15. The molecule has 0 radical (unpaired) electrons. The van der Waals surface area contributed by atoms with Crippen molar-refractivity contribution < 1.29 is 18.8 Å². The smallest absolute Gasteiger partial charge is 0.443 e. The lowest BCUT2D eigenvalue weighted by Crippen LogP contribution is -2.42. The van der Waals surface area contributed by atoms with Crippen molar-refractivity contribution in [1.29, 1.82) is 0 Å². The molecule has 0 saturated carbocycles. The second-order valence-electron chi connectivity index (χ2n) is 8.83. The highest BCUT2D eigenvalue weighted by Gasteiger charge is 2.53. The molecule has 0 aromatic heterocycles. The molecular formula is C19H28BNO4. The fourth-order valence-electron chi connectivity index (χ4n) is 3.15. The first-order valence-electron chi connectivity index (χ1n) is 8.89. The fourth-order valence-corrected chi connectivity index (χ4v) is 3.15. The van der Waals surface area contributed by atoms with E-state index in [0.29, 0.717) is 6.54 Å². The van der Waals surface area contributed by atoms with E-state index in [-0.39, 0.29) is 6.09 Å². The molecule has 1 amide bonds. The van der Waals surface area contributed by atoms with Crippen LogP contribution in [0, 0.1) is 0 Å². The molecule has 3 rings (SSSR count). The van der Waals surface area contributed by atoms with E-state index < -0.39 is 23.9 Å². The number of carbonyl (C=O) groups excluding carboxylic acids is 1. The van der Waals surface area contributed by atoms with Gasteiger partial charge in [-0.15, -0.1) is 0 Å². The van der Waals surface area contributed by atoms with Crippen LogP contribution in [-0.4, -0.2) is 36.6 Å². The zero-order valence-corrected chi connectivity index (χ0v) is 16.3. The van der Waals surface area contributed by atoms with E-state index in [1.807, 2.05) is 60.6 Å². The van der Waals surface area contributed by atoms with Gasteiger partial charge in [0, 0.05) is 12.0 Å². The Balaban J connectivity index is 1.95. The zero-order valence-electron chi connectivity index (χ0n) is 16.3. The van der Waals surface area contributed by atoms with Gasteiger partial charge in [-0.05, 0) is 60.5 Å². The van der Waals surface area contributed by atoms with Crippen molar-refractivity contribution in [1.82, 2.24) is 0 Å². The highest BCUT2D eigenvalue weighted by Crippen LogP contribution is 2.38. The van der Waals surface area contributed by atoms with E-state index in [1.54, 1.807) is 4.90 Å². The molecule has 0 aliphatic carbocycles. The molecule has 1 saturated heterocycles. The van der Waals surface area contributed by atoms with Crippen LogP contribution in [0.3, 0.4) is 0 Å². The average molecular weight is 345 g/mol. The largest absolute Gasteiger partial charge is 0.496 e. The summed E-state index contributed by atoms with van der Waals surface area (Å²) in [5.74, 6) is 0. The minimum Gasteiger partial charge on any atom is -0.443 e. The Morgan fingerprint density at radius 1 is 1.16 bits per heavy atom. The number of anilines is 1. The molecule has 2 aliphatic rings. The van der Waals surface area contributed by atoms with Crippen molar-refractivity contribution in [2.45, 2.75) is 71.7 Å². The maximum absolute atomic E-state index is 12.7. The third-order valence-corrected chi connectivity index (χ3v) is 5.15. The van der Waals surface area contributed by atoms with Crippen LogP contribution >= 0.6 is 0 Å². The predicted octanol–water partition coefficient (Wildman–Crippen LogP) is 3.28. The van der Waals surface area contributed by atoms with Gasteiger partial charge in [0.1, 0.15) is 5.60 Å². The van der Waals surface area contributed by atoms with Gasteiger partial charge in [-0.2, -0.15) is 0 Å². The molecule has 6 heteroatoms. The molecule has 1 aromatic rings. The minimum absolute atomic E-state index is 0.324. The van der Waals surface area contributed by atoms with Crippen LogP contribution in [0.15, 0.2) is 18.2 Å². The third kappa shape index (κ3) is 3.29. The maximum Gasteiger partial charge on any atom is 0.496 e. The minimum atomic E-state index is -0.529. The van der Waals surface area contributed by atoms with Crippen molar-refractivity contribution in [3.63, 3.8) is 0 Å². The van der Waals surface area contributed by atoms with Crippen molar-refractivity contribution in [3.8, 4) is 0 Å². The first-order chi connectivity index (χ1) is 11.4. The number of carbonyl (C=O) groups is 1. The molecule has 5 nitrogen and oxygen atoms in total. The van der Waals surface area contributed by atoms with Crippen LogP contribution in [0.4, 0.5) is 10.5 Å². The first-order valence-corrected chi connectivity index (χ1v) is 8.89. The molecule has 1 fully saturated rings. The molecule has 1 aromatic carbocycles. The van der Waals surface area contributed by atoms with Gasteiger partial charge in [-0.1, -0.05) is 18.2 Å². The maximum atomic E-state index is 12.7. The Bertz CT molecular complexity index is 677. The average Bonchev–Trinajstić information content (AvgIpc) is 2.95. The van der Waals surface area contributed by atoms with Crippen molar-refractivity contribution >= 4 is 24.4 Å². The number of amides is 1. The highest BCUT2D eigenvalue weighted by atomic mass is 16.7. The molecule has 0 unspecified atom stereocenters. The van der Waals surface area contributed by atoms with Crippen LogP contribution in [0.25, 0.3) is 0 Å². The SMILES string of the molecule is CC(C)(C)OC(=O)N1CCc2cccc(B3OC(C)(C)C(C)(C)O3)c21. The van der Waals surface area contributed by atoms with Gasteiger partial charge in [-0.25, -0.2) is 4.79 Å². The van der Waals surface area contributed by atoms with Crippen LogP contribution in [0.2, 0.25) is 0 Å². The summed E-state index contributed by atoms with van der Waals surface area (Å²) >= 11 is 0. The second kappa shape index (κ2) is 5.75. The number of nitrogens with zero attached hydrogens (tertiary/aromatic N) is 1. The molecule has 0 N–H and O–H groups in total. The number of hydrogen-bond acceptors (Lipinski definition) is 4. The van der Waals surface area contributed by atoms with Crippen LogP contribution in [0.1, 0.15) is 54.0 Å². The summed E-state index contributed by atoms with van der Waals surface area (Å²) in [6.45, 7) is 14.4. The van der Waals surface area contributed by atoms with E-state index in [0.717, 1.165) is 23.1 Å². The van der Waals surface area contributed by atoms with E-state index in [4.69, 9.17) is 14.0 Å². The Kier molecular flexibility index (Phi) is 4.20. The summed E-state index contributed by atoms with van der Waals surface area (Å²) in [5.41, 5.74) is 1.51. The monoisotopic (exact) mass is 345 g/mol. The molecule has 136 valence electrons. The number of para-hydroxylation sites is 1. The number of hydrogen-bond donors (Lipinski definition) is 0. The molecule has 0 atom stereocenters. The summed E-state index contributed by atoms with van der Waals surface area (Å²) in [6.07, 6.45) is 0.484. The summed E-state index contributed by atoms with van der Waals surface area (Å²) in [7, 11) is -0.497. The van der Waals surface area contributed by atoms with Crippen LogP contribution in [-0.2, 0) is 20.5 Å². The van der Waals surface area contributed by atoms with Gasteiger partial charge in [0.2, 0.25) is 0 Å². The van der Waals surface area contributed by atoms with Gasteiger partial charge in [-0.3, -0.25) is 4.90 Å². The van der Waals surface area contributed by atoms with Crippen molar-refractivity contribution in [2.75, 3.05) is 11.4 Å². The summed E-state index contributed by atoms with van der Waals surface area (Å²) in [4.78, 5) is 14.4. The quantitative estimate of drug-likeness (QED) is 0.733. The van der Waals surface area contributed by atoms with Crippen molar-refractivity contribution in [3.05, 3.63) is 23.8 Å². The second-order valence-corrected chi connectivity index (χ2v) is 8.83. The van der Waals surface area contributed by atoms with Gasteiger partial charge in [0.05, 0.1) is 16.9 Å².